The number of anilines is 1. The molecular weight excluding hydrogens is 618 g/mol. The Morgan fingerprint density at radius 1 is 0.952 bits per heavy atom. The highest BCUT2D eigenvalue weighted by Gasteiger charge is 2.31. The molecule has 3 aromatic carbocycles. The molecule has 1 aliphatic carbocycles. The van der Waals surface area contributed by atoms with Crippen LogP contribution in [0.25, 0.3) is 0 Å². The van der Waals surface area contributed by atoms with Crippen LogP contribution in [0, 0.1) is 0 Å². The van der Waals surface area contributed by atoms with Gasteiger partial charge in [0, 0.05) is 17.1 Å². The number of nitrogens with one attached hydrogen (secondary N) is 1. The third kappa shape index (κ3) is 9.06. The van der Waals surface area contributed by atoms with E-state index in [4.69, 9.17) is 4.74 Å². The van der Waals surface area contributed by atoms with Crippen molar-refractivity contribution in [3.8, 4) is 5.75 Å². The molecule has 0 saturated heterocycles. The molecule has 0 spiro atoms. The Morgan fingerprint density at radius 2 is 1.62 bits per heavy atom. The van der Waals surface area contributed by atoms with Crippen molar-refractivity contribution in [3.05, 3.63) is 94.5 Å². The Morgan fingerprint density at radius 3 is 2.26 bits per heavy atom. The first-order valence-corrected chi connectivity index (χ1v) is 16.8. The first-order chi connectivity index (χ1) is 20.1. The van der Waals surface area contributed by atoms with Gasteiger partial charge in [-0.05, 0) is 67.3 Å². The first kappa shape index (κ1) is 31.6. The highest BCUT2D eigenvalue weighted by atomic mass is 79.9. The average Bonchev–Trinajstić information content (AvgIpc) is 2.98. The quantitative estimate of drug-likeness (QED) is 0.272. The Hall–Kier alpha value is -3.37. The summed E-state index contributed by atoms with van der Waals surface area (Å²) < 4.78 is 33.5. The van der Waals surface area contributed by atoms with Crippen LogP contribution in [0.5, 0.6) is 5.75 Å². The number of benzene rings is 3. The lowest BCUT2D eigenvalue weighted by atomic mass is 9.95. The van der Waals surface area contributed by atoms with Crippen LogP contribution >= 0.6 is 15.9 Å². The molecule has 8 nitrogen and oxygen atoms in total. The number of hydrogen-bond donors (Lipinski definition) is 1. The van der Waals surface area contributed by atoms with E-state index in [0.717, 1.165) is 58.3 Å². The molecule has 1 aliphatic rings. The zero-order valence-corrected chi connectivity index (χ0v) is 26.4. The SMILES string of the molecule is C[C@H](C(=O)NC1CCCCC1)N(Cc1cccc(Br)c1)C(=O)CN(c1ccc(OCc2ccccc2)cc1)S(C)(=O)=O. The molecule has 0 aromatic heterocycles. The number of nitrogens with zero attached hydrogens (tertiary/aromatic N) is 2. The molecule has 0 radical (unpaired) electrons. The number of sulfonamides is 1. The van der Waals surface area contributed by atoms with Crippen molar-refractivity contribution < 1.29 is 22.7 Å². The minimum absolute atomic E-state index is 0.0895. The van der Waals surface area contributed by atoms with Crippen molar-refractivity contribution >= 4 is 43.5 Å². The van der Waals surface area contributed by atoms with Crippen molar-refractivity contribution in [2.75, 3.05) is 17.1 Å². The summed E-state index contributed by atoms with van der Waals surface area (Å²) in [6.45, 7) is 1.77. The lowest BCUT2D eigenvalue weighted by molar-refractivity contribution is -0.139. The van der Waals surface area contributed by atoms with Gasteiger partial charge in [-0.15, -0.1) is 0 Å². The smallest absolute Gasteiger partial charge is 0.244 e. The topological polar surface area (TPSA) is 96.0 Å². The van der Waals surface area contributed by atoms with Gasteiger partial charge in [-0.1, -0.05) is 77.7 Å². The fourth-order valence-corrected chi connectivity index (χ4v) is 6.34. The minimum Gasteiger partial charge on any atom is -0.489 e. The van der Waals surface area contributed by atoms with Gasteiger partial charge in [-0.2, -0.15) is 0 Å². The van der Waals surface area contributed by atoms with Crippen molar-refractivity contribution in [3.63, 3.8) is 0 Å². The van der Waals surface area contributed by atoms with E-state index in [1.165, 1.54) is 4.90 Å². The molecule has 0 bridgehead atoms. The molecule has 0 unspecified atom stereocenters. The highest BCUT2D eigenvalue weighted by molar-refractivity contribution is 9.10. The molecule has 42 heavy (non-hydrogen) atoms. The van der Waals surface area contributed by atoms with Crippen LogP contribution in [0.1, 0.15) is 50.2 Å². The molecular formula is C32H38BrN3O5S. The fourth-order valence-electron chi connectivity index (χ4n) is 5.05. The third-order valence-corrected chi connectivity index (χ3v) is 9.05. The molecule has 0 heterocycles. The standard InChI is InChI=1S/C32H38BrN3O5S/c1-24(32(38)34-28-14-7-4-8-15-28)35(21-26-12-9-13-27(33)20-26)31(37)22-36(42(2,39)40)29-16-18-30(19-17-29)41-23-25-10-5-3-6-11-25/h3,5-6,9-13,16-20,24,28H,4,7-8,14-15,21-23H2,1-2H3,(H,34,38)/t24-/m1/s1. The third-order valence-electron chi connectivity index (χ3n) is 7.41. The van der Waals surface area contributed by atoms with Gasteiger partial charge in [0.2, 0.25) is 21.8 Å². The van der Waals surface area contributed by atoms with E-state index in [1.807, 2.05) is 54.6 Å². The molecule has 0 aliphatic heterocycles. The van der Waals surface area contributed by atoms with Crippen LogP contribution in [-0.2, 0) is 32.8 Å². The van der Waals surface area contributed by atoms with Crippen LogP contribution in [0.4, 0.5) is 5.69 Å². The van der Waals surface area contributed by atoms with Gasteiger partial charge in [-0.3, -0.25) is 13.9 Å². The Kier molecular flexibility index (Phi) is 11.0. The number of carbonyl (C=O) groups is 2. The van der Waals surface area contributed by atoms with Crippen LogP contribution < -0.4 is 14.4 Å². The number of amides is 2. The Labute approximate surface area is 257 Å². The second-order valence-corrected chi connectivity index (χ2v) is 13.5. The fraction of sp³-hybridized carbons (Fsp3) is 0.375. The molecule has 1 fully saturated rings. The summed E-state index contributed by atoms with van der Waals surface area (Å²) in [5.74, 6) is -0.140. The monoisotopic (exact) mass is 655 g/mol. The number of hydrogen-bond acceptors (Lipinski definition) is 5. The van der Waals surface area contributed by atoms with E-state index in [-0.39, 0.29) is 18.5 Å². The van der Waals surface area contributed by atoms with Crippen LogP contribution in [0.2, 0.25) is 0 Å². The van der Waals surface area contributed by atoms with Gasteiger partial charge < -0.3 is 15.0 Å². The lowest BCUT2D eigenvalue weighted by Gasteiger charge is -2.33. The maximum Gasteiger partial charge on any atom is 0.244 e. The van der Waals surface area contributed by atoms with Gasteiger partial charge >= 0.3 is 0 Å². The second kappa shape index (κ2) is 14.7. The predicted molar refractivity (Wildman–Crippen MR) is 169 cm³/mol. The Balaban J connectivity index is 1.52. The van der Waals surface area contributed by atoms with E-state index < -0.39 is 28.5 Å². The van der Waals surface area contributed by atoms with E-state index in [2.05, 4.69) is 21.2 Å². The maximum atomic E-state index is 13.8. The van der Waals surface area contributed by atoms with Crippen LogP contribution in [-0.4, -0.2) is 50.0 Å². The second-order valence-electron chi connectivity index (χ2n) is 10.7. The van der Waals surface area contributed by atoms with E-state index in [9.17, 15) is 18.0 Å². The van der Waals surface area contributed by atoms with Crippen LogP contribution in [0.3, 0.4) is 0 Å². The van der Waals surface area contributed by atoms with Gasteiger partial charge in [-0.25, -0.2) is 8.42 Å². The van der Waals surface area contributed by atoms with Crippen molar-refractivity contribution in [2.24, 2.45) is 0 Å². The summed E-state index contributed by atoms with van der Waals surface area (Å²) in [5, 5.41) is 3.11. The normalized spacial score (nSPS) is 14.5. The molecule has 2 amide bonds. The molecule has 1 N–H and O–H groups in total. The van der Waals surface area contributed by atoms with Gasteiger partial charge in [0.1, 0.15) is 24.9 Å². The van der Waals surface area contributed by atoms with E-state index >= 15 is 0 Å². The van der Waals surface area contributed by atoms with E-state index in [1.54, 1.807) is 31.2 Å². The number of ether oxygens (including phenoxy) is 1. The molecule has 1 atom stereocenters. The minimum atomic E-state index is -3.83. The largest absolute Gasteiger partial charge is 0.489 e. The van der Waals surface area contributed by atoms with Crippen molar-refractivity contribution in [2.45, 2.75) is 64.3 Å². The molecule has 4 rings (SSSR count). The molecule has 224 valence electrons. The summed E-state index contributed by atoms with van der Waals surface area (Å²) in [5.41, 5.74) is 2.16. The van der Waals surface area contributed by atoms with Gasteiger partial charge in [0.05, 0.1) is 11.9 Å². The average molecular weight is 657 g/mol. The number of carbonyl (C=O) groups excluding carboxylic acids is 2. The molecule has 3 aromatic rings. The summed E-state index contributed by atoms with van der Waals surface area (Å²) in [6, 6.07) is 23.1. The molecule has 1 saturated carbocycles. The number of rotatable bonds is 12. The molecule has 10 heteroatoms. The zero-order valence-electron chi connectivity index (χ0n) is 24.0. The lowest BCUT2D eigenvalue weighted by Crippen LogP contribution is -2.52. The maximum absolute atomic E-state index is 13.8. The van der Waals surface area contributed by atoms with E-state index in [0.29, 0.717) is 18.0 Å². The predicted octanol–water partition coefficient (Wildman–Crippen LogP) is 5.66. The van der Waals surface area contributed by atoms with Crippen LogP contribution in [0.15, 0.2) is 83.3 Å². The van der Waals surface area contributed by atoms with Crippen molar-refractivity contribution in [1.82, 2.24) is 10.2 Å². The zero-order chi connectivity index (χ0) is 30.1. The first-order valence-electron chi connectivity index (χ1n) is 14.2. The highest BCUT2D eigenvalue weighted by Crippen LogP contribution is 2.24. The van der Waals surface area contributed by atoms with Crippen molar-refractivity contribution in [1.29, 1.82) is 0 Å². The van der Waals surface area contributed by atoms with Gasteiger partial charge in [0.25, 0.3) is 0 Å². The summed E-state index contributed by atoms with van der Waals surface area (Å²) in [4.78, 5) is 28.6. The summed E-state index contributed by atoms with van der Waals surface area (Å²) >= 11 is 3.47. The van der Waals surface area contributed by atoms with Gasteiger partial charge in [0.15, 0.2) is 0 Å². The summed E-state index contributed by atoms with van der Waals surface area (Å²) in [6.07, 6.45) is 6.21. The summed E-state index contributed by atoms with van der Waals surface area (Å²) in [7, 11) is -3.83. The Bertz CT molecular complexity index is 1440. The number of halogens is 1.